The van der Waals surface area contributed by atoms with Crippen molar-refractivity contribution in [1.82, 2.24) is 14.9 Å². The van der Waals surface area contributed by atoms with Gasteiger partial charge in [-0.15, -0.1) is 0 Å². The van der Waals surface area contributed by atoms with Crippen LogP contribution in [0.3, 0.4) is 0 Å². The third-order valence-electron chi connectivity index (χ3n) is 3.46. The van der Waals surface area contributed by atoms with Gasteiger partial charge in [0.15, 0.2) is 0 Å². The van der Waals surface area contributed by atoms with E-state index in [1.807, 2.05) is 19.9 Å². The molecule has 2 rings (SSSR count). The Morgan fingerprint density at radius 2 is 1.95 bits per heavy atom. The van der Waals surface area contributed by atoms with Gasteiger partial charge in [0.2, 0.25) is 5.91 Å². The first kappa shape index (κ1) is 14.4. The molecule has 0 bridgehead atoms. The second-order valence-corrected chi connectivity index (χ2v) is 5.23. The largest absolute Gasteiger partial charge is 0.481 e. The van der Waals surface area contributed by atoms with E-state index in [9.17, 15) is 9.59 Å². The van der Waals surface area contributed by atoms with Gasteiger partial charge in [-0.2, -0.15) is 0 Å². The number of likely N-dealkylation sites (tertiary alicyclic amines) is 1. The molecule has 6 heteroatoms. The van der Waals surface area contributed by atoms with Crippen LogP contribution in [0, 0.1) is 13.8 Å². The first-order chi connectivity index (χ1) is 9.45. The van der Waals surface area contributed by atoms with Crippen LogP contribution in [0.4, 0.5) is 0 Å². The highest BCUT2D eigenvalue weighted by Crippen LogP contribution is 2.25. The summed E-state index contributed by atoms with van der Waals surface area (Å²) in [6.45, 7) is 5.10. The van der Waals surface area contributed by atoms with E-state index in [2.05, 4.69) is 9.97 Å². The second-order valence-electron chi connectivity index (χ2n) is 5.23. The predicted octanol–water partition coefficient (Wildman–Crippen LogP) is 1.27. The number of aliphatic carboxylic acids is 1. The lowest BCUT2D eigenvalue weighted by Crippen LogP contribution is -2.28. The number of carbonyl (C=O) groups is 2. The van der Waals surface area contributed by atoms with Crippen molar-refractivity contribution in [2.45, 2.75) is 39.0 Å². The monoisotopic (exact) mass is 277 g/mol. The summed E-state index contributed by atoms with van der Waals surface area (Å²) in [6, 6.07) is 1.92. The van der Waals surface area contributed by atoms with Crippen LogP contribution >= 0.6 is 0 Å². The maximum absolute atomic E-state index is 11.9. The number of rotatable bonds is 4. The summed E-state index contributed by atoms with van der Waals surface area (Å²) < 4.78 is 0. The van der Waals surface area contributed by atoms with Crippen molar-refractivity contribution in [2.24, 2.45) is 0 Å². The molecule has 1 amide bonds. The number of carboxylic acids is 1. The molecule has 1 aliphatic rings. The first-order valence-corrected chi connectivity index (χ1v) is 6.77. The van der Waals surface area contributed by atoms with Gasteiger partial charge in [0, 0.05) is 36.8 Å². The highest BCUT2D eigenvalue weighted by molar-refractivity contribution is 5.81. The molecule has 20 heavy (non-hydrogen) atoms. The lowest BCUT2D eigenvalue weighted by atomic mass is 10.1. The third kappa shape index (κ3) is 3.53. The number of hydrogen-bond acceptors (Lipinski definition) is 4. The topological polar surface area (TPSA) is 83.4 Å². The standard InChI is InChI=1S/C14H19N3O3/c1-9-7-10(2)16-14(15-9)11-5-6-17(8-11)12(18)3-4-13(19)20/h7,11H,3-6,8H2,1-2H3,(H,19,20)/t11-/m0/s1. The fraction of sp³-hybridized carbons (Fsp3) is 0.571. The molecule has 0 aliphatic carbocycles. The van der Waals surface area contributed by atoms with E-state index >= 15 is 0 Å². The van der Waals surface area contributed by atoms with Crippen LogP contribution in [-0.4, -0.2) is 44.9 Å². The van der Waals surface area contributed by atoms with Crippen molar-refractivity contribution in [3.63, 3.8) is 0 Å². The quantitative estimate of drug-likeness (QED) is 0.896. The first-order valence-electron chi connectivity index (χ1n) is 6.77. The molecule has 1 aromatic heterocycles. The maximum Gasteiger partial charge on any atom is 0.303 e. The molecular weight excluding hydrogens is 258 g/mol. The lowest BCUT2D eigenvalue weighted by Gasteiger charge is -2.16. The fourth-order valence-electron chi connectivity index (χ4n) is 2.51. The van der Waals surface area contributed by atoms with Crippen LogP contribution in [0.15, 0.2) is 6.07 Å². The van der Waals surface area contributed by atoms with Crippen LogP contribution in [0.1, 0.15) is 42.4 Å². The zero-order valence-electron chi connectivity index (χ0n) is 11.8. The average Bonchev–Trinajstić information content (AvgIpc) is 2.84. The molecule has 0 saturated carbocycles. The van der Waals surface area contributed by atoms with E-state index in [0.29, 0.717) is 13.1 Å². The molecule has 1 aromatic rings. The summed E-state index contributed by atoms with van der Waals surface area (Å²) in [6.07, 6.45) is 0.789. The molecule has 108 valence electrons. The van der Waals surface area contributed by atoms with Crippen LogP contribution < -0.4 is 0 Å². The molecule has 0 unspecified atom stereocenters. The number of hydrogen-bond donors (Lipinski definition) is 1. The molecule has 1 aliphatic heterocycles. The summed E-state index contributed by atoms with van der Waals surface area (Å²) in [5, 5.41) is 8.61. The SMILES string of the molecule is Cc1cc(C)nc([C@H]2CCN(C(=O)CCC(=O)O)C2)n1. The normalized spacial score (nSPS) is 18.3. The van der Waals surface area contributed by atoms with E-state index in [-0.39, 0.29) is 24.7 Å². The van der Waals surface area contributed by atoms with Gasteiger partial charge < -0.3 is 10.0 Å². The minimum atomic E-state index is -0.938. The van der Waals surface area contributed by atoms with Gasteiger partial charge in [-0.1, -0.05) is 0 Å². The molecule has 1 fully saturated rings. The Hall–Kier alpha value is -1.98. The van der Waals surface area contributed by atoms with E-state index in [0.717, 1.165) is 23.6 Å². The number of carboxylic acid groups (broad SMARTS) is 1. The molecule has 0 radical (unpaired) electrons. The number of nitrogens with zero attached hydrogens (tertiary/aromatic N) is 3. The number of aryl methyl sites for hydroxylation is 2. The van der Waals surface area contributed by atoms with Crippen LogP contribution in [-0.2, 0) is 9.59 Å². The predicted molar refractivity (Wildman–Crippen MR) is 72.3 cm³/mol. The van der Waals surface area contributed by atoms with Gasteiger partial charge in [-0.3, -0.25) is 9.59 Å². The van der Waals surface area contributed by atoms with E-state index in [1.165, 1.54) is 0 Å². The summed E-state index contributed by atoms with van der Waals surface area (Å²) in [7, 11) is 0. The van der Waals surface area contributed by atoms with Gasteiger partial charge in [0.25, 0.3) is 0 Å². The summed E-state index contributed by atoms with van der Waals surface area (Å²) in [4.78, 5) is 33.0. The van der Waals surface area contributed by atoms with Crippen molar-refractivity contribution in [2.75, 3.05) is 13.1 Å². The molecule has 0 spiro atoms. The summed E-state index contributed by atoms with van der Waals surface area (Å²) in [5.74, 6) is -0.0931. The Labute approximate surface area is 117 Å². The Kier molecular flexibility index (Phi) is 4.32. The van der Waals surface area contributed by atoms with Crippen molar-refractivity contribution < 1.29 is 14.7 Å². The van der Waals surface area contributed by atoms with Crippen LogP contribution in [0.2, 0.25) is 0 Å². The summed E-state index contributed by atoms with van der Waals surface area (Å²) >= 11 is 0. The lowest BCUT2D eigenvalue weighted by molar-refractivity contribution is -0.140. The molecule has 6 nitrogen and oxygen atoms in total. The average molecular weight is 277 g/mol. The molecular formula is C14H19N3O3. The zero-order chi connectivity index (χ0) is 14.7. The molecule has 2 heterocycles. The molecule has 0 aromatic carbocycles. The Morgan fingerprint density at radius 3 is 2.55 bits per heavy atom. The number of amides is 1. The van der Waals surface area contributed by atoms with E-state index < -0.39 is 5.97 Å². The third-order valence-corrected chi connectivity index (χ3v) is 3.46. The van der Waals surface area contributed by atoms with Crippen LogP contribution in [0.25, 0.3) is 0 Å². The van der Waals surface area contributed by atoms with Crippen molar-refractivity contribution >= 4 is 11.9 Å². The molecule has 1 N–H and O–H groups in total. The second kappa shape index (κ2) is 5.98. The number of aromatic nitrogens is 2. The van der Waals surface area contributed by atoms with Crippen molar-refractivity contribution in [3.8, 4) is 0 Å². The van der Waals surface area contributed by atoms with Crippen LogP contribution in [0.5, 0.6) is 0 Å². The minimum Gasteiger partial charge on any atom is -0.481 e. The van der Waals surface area contributed by atoms with Crippen molar-refractivity contribution in [1.29, 1.82) is 0 Å². The van der Waals surface area contributed by atoms with Gasteiger partial charge >= 0.3 is 5.97 Å². The van der Waals surface area contributed by atoms with E-state index in [1.54, 1.807) is 4.90 Å². The Morgan fingerprint density at radius 1 is 1.30 bits per heavy atom. The van der Waals surface area contributed by atoms with Crippen molar-refractivity contribution in [3.05, 3.63) is 23.3 Å². The van der Waals surface area contributed by atoms with Gasteiger partial charge in [-0.25, -0.2) is 9.97 Å². The molecule has 1 saturated heterocycles. The highest BCUT2D eigenvalue weighted by Gasteiger charge is 2.29. The van der Waals surface area contributed by atoms with Gasteiger partial charge in [0.1, 0.15) is 5.82 Å². The Balaban J connectivity index is 1.98. The van der Waals surface area contributed by atoms with Gasteiger partial charge in [0.05, 0.1) is 6.42 Å². The molecule has 1 atom stereocenters. The smallest absolute Gasteiger partial charge is 0.303 e. The van der Waals surface area contributed by atoms with E-state index in [4.69, 9.17) is 5.11 Å². The zero-order valence-corrected chi connectivity index (χ0v) is 11.8. The Bertz CT molecular complexity index is 510. The summed E-state index contributed by atoms with van der Waals surface area (Å²) in [5.41, 5.74) is 1.87. The van der Waals surface area contributed by atoms with Gasteiger partial charge in [-0.05, 0) is 26.3 Å². The highest BCUT2D eigenvalue weighted by atomic mass is 16.4. The maximum atomic E-state index is 11.9. The number of carbonyl (C=O) groups excluding carboxylic acids is 1. The minimum absolute atomic E-state index is 0.0652. The fourth-order valence-corrected chi connectivity index (χ4v) is 2.51.